The summed E-state index contributed by atoms with van der Waals surface area (Å²) in [6, 6.07) is 8.46. The summed E-state index contributed by atoms with van der Waals surface area (Å²) in [6.07, 6.45) is 4.57. The summed E-state index contributed by atoms with van der Waals surface area (Å²) in [5.74, 6) is -0.516. The first-order chi connectivity index (χ1) is 11.1. The molecule has 0 saturated carbocycles. The standard InChI is InChI=1S/C16H11ClN2O3S/c17-12-3-1-2-11(8-12)4-5-15(21)22-10-13-9-14(20)19-6-7-23-16(19)18-13/h1-9H,10H2/b5-4+. The van der Waals surface area contributed by atoms with Crippen LogP contribution in [0.15, 0.2) is 52.8 Å². The molecule has 2 heterocycles. The molecule has 3 rings (SSSR count). The smallest absolute Gasteiger partial charge is 0.331 e. The van der Waals surface area contributed by atoms with E-state index in [-0.39, 0.29) is 12.2 Å². The highest BCUT2D eigenvalue weighted by Crippen LogP contribution is 2.12. The SMILES string of the molecule is O=C(/C=C/c1cccc(Cl)c1)OCc1cc(=O)n2ccsc2n1. The third kappa shape index (κ3) is 3.85. The Morgan fingerprint density at radius 1 is 1.39 bits per heavy atom. The molecule has 5 nitrogen and oxygen atoms in total. The van der Waals surface area contributed by atoms with Crippen LogP contribution in [0.4, 0.5) is 0 Å². The maximum Gasteiger partial charge on any atom is 0.331 e. The molecule has 0 bridgehead atoms. The summed E-state index contributed by atoms with van der Waals surface area (Å²) in [4.78, 5) is 28.4. The van der Waals surface area contributed by atoms with Crippen LogP contribution in [0.5, 0.6) is 0 Å². The van der Waals surface area contributed by atoms with Gasteiger partial charge < -0.3 is 4.74 Å². The van der Waals surface area contributed by atoms with E-state index in [1.165, 1.54) is 27.9 Å². The van der Waals surface area contributed by atoms with Crippen molar-refractivity contribution in [3.63, 3.8) is 0 Å². The number of hydrogen-bond donors (Lipinski definition) is 0. The molecule has 0 aliphatic heterocycles. The van der Waals surface area contributed by atoms with Crippen LogP contribution in [0.2, 0.25) is 5.02 Å². The molecule has 116 valence electrons. The minimum atomic E-state index is -0.516. The Balaban J connectivity index is 1.65. The first-order valence-corrected chi connectivity index (χ1v) is 7.94. The Bertz CT molecular complexity index is 946. The first-order valence-electron chi connectivity index (χ1n) is 6.68. The maximum absolute atomic E-state index is 11.8. The Labute approximate surface area is 140 Å². The Hall–Kier alpha value is -2.44. The van der Waals surface area contributed by atoms with Gasteiger partial charge in [0.2, 0.25) is 0 Å². The third-order valence-electron chi connectivity index (χ3n) is 2.98. The predicted octanol–water partition coefficient (Wildman–Crippen LogP) is 3.17. The molecule has 7 heteroatoms. The van der Waals surface area contributed by atoms with Crippen LogP contribution in [0.25, 0.3) is 11.0 Å². The number of rotatable bonds is 4. The topological polar surface area (TPSA) is 60.7 Å². The number of aromatic nitrogens is 2. The van der Waals surface area contributed by atoms with E-state index < -0.39 is 5.97 Å². The van der Waals surface area contributed by atoms with Crippen molar-refractivity contribution in [3.05, 3.63) is 74.6 Å². The number of hydrogen-bond acceptors (Lipinski definition) is 5. The van der Waals surface area contributed by atoms with Crippen molar-refractivity contribution in [2.24, 2.45) is 0 Å². The van der Waals surface area contributed by atoms with Gasteiger partial charge in [0, 0.05) is 28.7 Å². The van der Waals surface area contributed by atoms with Gasteiger partial charge in [0.25, 0.3) is 5.56 Å². The first kappa shape index (κ1) is 15.5. The zero-order chi connectivity index (χ0) is 16.2. The Morgan fingerprint density at radius 3 is 3.09 bits per heavy atom. The predicted molar refractivity (Wildman–Crippen MR) is 89.6 cm³/mol. The van der Waals surface area contributed by atoms with Crippen LogP contribution < -0.4 is 5.56 Å². The van der Waals surface area contributed by atoms with Gasteiger partial charge in [0.05, 0.1) is 5.69 Å². The largest absolute Gasteiger partial charge is 0.456 e. The summed E-state index contributed by atoms with van der Waals surface area (Å²) in [6.45, 7) is -0.0532. The van der Waals surface area contributed by atoms with Gasteiger partial charge in [0.1, 0.15) is 6.61 Å². The lowest BCUT2D eigenvalue weighted by Gasteiger charge is -2.02. The van der Waals surface area contributed by atoms with Crippen LogP contribution in [-0.4, -0.2) is 15.4 Å². The van der Waals surface area contributed by atoms with Crippen molar-refractivity contribution in [2.75, 3.05) is 0 Å². The van der Waals surface area contributed by atoms with Crippen LogP contribution >= 0.6 is 22.9 Å². The van der Waals surface area contributed by atoms with Crippen molar-refractivity contribution in [3.8, 4) is 0 Å². The second kappa shape index (κ2) is 6.76. The Kier molecular flexibility index (Phi) is 4.55. The van der Waals surface area contributed by atoms with Gasteiger partial charge >= 0.3 is 5.97 Å². The summed E-state index contributed by atoms with van der Waals surface area (Å²) in [7, 11) is 0. The fraction of sp³-hybridized carbons (Fsp3) is 0.0625. The van der Waals surface area contributed by atoms with Gasteiger partial charge in [-0.2, -0.15) is 0 Å². The molecule has 0 unspecified atom stereocenters. The molecule has 2 aromatic heterocycles. The van der Waals surface area contributed by atoms with E-state index in [9.17, 15) is 9.59 Å². The molecule has 0 atom stereocenters. The molecule has 0 saturated heterocycles. The second-order valence-corrected chi connectivity index (χ2v) is 5.95. The van der Waals surface area contributed by atoms with Gasteiger partial charge in [-0.05, 0) is 23.8 Å². The molecule has 0 aliphatic carbocycles. The minimum Gasteiger partial charge on any atom is -0.456 e. The van der Waals surface area contributed by atoms with Gasteiger partial charge in [-0.3, -0.25) is 9.20 Å². The van der Waals surface area contributed by atoms with Crippen LogP contribution in [0.3, 0.4) is 0 Å². The van der Waals surface area contributed by atoms with Gasteiger partial charge in [-0.15, -0.1) is 11.3 Å². The third-order valence-corrected chi connectivity index (χ3v) is 3.97. The molecule has 0 fully saturated rings. The number of benzene rings is 1. The lowest BCUT2D eigenvalue weighted by atomic mass is 10.2. The fourth-order valence-corrected chi connectivity index (χ4v) is 2.87. The highest BCUT2D eigenvalue weighted by Gasteiger charge is 2.05. The fourth-order valence-electron chi connectivity index (χ4n) is 1.93. The molecule has 0 spiro atoms. The maximum atomic E-state index is 11.8. The summed E-state index contributed by atoms with van der Waals surface area (Å²) < 4.78 is 6.54. The normalized spacial score (nSPS) is 11.2. The summed E-state index contributed by atoms with van der Waals surface area (Å²) >= 11 is 7.21. The van der Waals surface area contributed by atoms with E-state index in [1.807, 2.05) is 6.07 Å². The molecule has 23 heavy (non-hydrogen) atoms. The monoisotopic (exact) mass is 346 g/mol. The van der Waals surface area contributed by atoms with E-state index in [2.05, 4.69) is 4.98 Å². The van der Waals surface area contributed by atoms with Crippen molar-refractivity contribution < 1.29 is 9.53 Å². The number of carbonyl (C=O) groups excluding carboxylic acids is 1. The van der Waals surface area contributed by atoms with Gasteiger partial charge in [0.15, 0.2) is 4.96 Å². The van der Waals surface area contributed by atoms with Crippen LogP contribution in [0.1, 0.15) is 11.3 Å². The zero-order valence-corrected chi connectivity index (χ0v) is 13.4. The van der Waals surface area contributed by atoms with E-state index in [1.54, 1.807) is 35.9 Å². The summed E-state index contributed by atoms with van der Waals surface area (Å²) in [5.41, 5.74) is 1.02. The van der Waals surface area contributed by atoms with Crippen molar-refractivity contribution in [1.82, 2.24) is 9.38 Å². The molecule has 1 aromatic carbocycles. The molecule has 0 N–H and O–H groups in total. The molecular weight excluding hydrogens is 336 g/mol. The van der Waals surface area contributed by atoms with Crippen LogP contribution in [0, 0.1) is 0 Å². The van der Waals surface area contributed by atoms with Gasteiger partial charge in [-0.25, -0.2) is 9.78 Å². The minimum absolute atomic E-state index is 0.0532. The molecule has 0 aliphatic rings. The number of esters is 1. The van der Waals surface area contributed by atoms with E-state index >= 15 is 0 Å². The second-order valence-electron chi connectivity index (χ2n) is 4.64. The van der Waals surface area contributed by atoms with Crippen molar-refractivity contribution in [2.45, 2.75) is 6.61 Å². The van der Waals surface area contributed by atoms with Crippen molar-refractivity contribution in [1.29, 1.82) is 0 Å². The zero-order valence-electron chi connectivity index (χ0n) is 11.8. The lowest BCUT2D eigenvalue weighted by molar-refractivity contribution is -0.139. The molecule has 3 aromatic rings. The average molecular weight is 347 g/mol. The highest BCUT2D eigenvalue weighted by atomic mass is 35.5. The number of ether oxygens (including phenoxy) is 1. The number of fused-ring (bicyclic) bond motifs is 1. The quantitative estimate of drug-likeness (QED) is 0.538. The van der Waals surface area contributed by atoms with Gasteiger partial charge in [-0.1, -0.05) is 23.7 Å². The Morgan fingerprint density at radius 2 is 2.26 bits per heavy atom. The van der Waals surface area contributed by atoms with E-state index in [0.717, 1.165) is 5.56 Å². The number of halogens is 1. The average Bonchev–Trinajstić information content (AvgIpc) is 3.00. The number of thiazole rings is 1. The van der Waals surface area contributed by atoms with Crippen LogP contribution in [-0.2, 0) is 16.1 Å². The summed E-state index contributed by atoms with van der Waals surface area (Å²) in [5, 5.41) is 2.36. The molecule has 0 amide bonds. The number of nitrogens with zero attached hydrogens (tertiary/aromatic N) is 2. The van der Waals surface area contributed by atoms with E-state index in [4.69, 9.17) is 16.3 Å². The number of carbonyl (C=O) groups is 1. The molecule has 0 radical (unpaired) electrons. The lowest BCUT2D eigenvalue weighted by Crippen LogP contribution is -2.14. The van der Waals surface area contributed by atoms with E-state index in [0.29, 0.717) is 15.7 Å². The highest BCUT2D eigenvalue weighted by molar-refractivity contribution is 7.15. The van der Waals surface area contributed by atoms with Crippen molar-refractivity contribution >= 4 is 39.9 Å². The molecular formula is C16H11ClN2O3S.